The molecule has 5 heteroatoms. The maximum Gasteiger partial charge on any atom is 0.225 e. The summed E-state index contributed by atoms with van der Waals surface area (Å²) in [5.41, 5.74) is 3.01. The quantitative estimate of drug-likeness (QED) is 0.714. The summed E-state index contributed by atoms with van der Waals surface area (Å²) in [6.45, 7) is 3.41. The number of hydrogen-bond acceptors (Lipinski definition) is 3. The summed E-state index contributed by atoms with van der Waals surface area (Å²) >= 11 is 5.95. The summed E-state index contributed by atoms with van der Waals surface area (Å²) in [4.78, 5) is 12.0. The van der Waals surface area contributed by atoms with Crippen LogP contribution in [0.4, 0.5) is 5.69 Å². The fourth-order valence-corrected chi connectivity index (χ4v) is 2.47. The summed E-state index contributed by atoms with van der Waals surface area (Å²) in [5.74, 6) is 0.844. The van der Waals surface area contributed by atoms with Crippen LogP contribution in [0.1, 0.15) is 17.5 Å². The van der Waals surface area contributed by atoms with Gasteiger partial charge in [-0.15, -0.1) is 0 Å². The molecule has 0 fully saturated rings. The van der Waals surface area contributed by atoms with Crippen molar-refractivity contribution in [2.45, 2.75) is 19.8 Å². The van der Waals surface area contributed by atoms with Crippen LogP contribution in [-0.2, 0) is 11.2 Å². The largest absolute Gasteiger partial charge is 0.497 e. The van der Waals surface area contributed by atoms with E-state index in [2.05, 4.69) is 22.8 Å². The second kappa shape index (κ2) is 9.30. The van der Waals surface area contributed by atoms with Crippen molar-refractivity contribution in [2.24, 2.45) is 0 Å². The van der Waals surface area contributed by atoms with Gasteiger partial charge in [0, 0.05) is 23.7 Å². The van der Waals surface area contributed by atoms with Crippen LogP contribution in [0.5, 0.6) is 5.75 Å². The molecule has 1 amide bonds. The molecule has 0 radical (unpaired) electrons. The van der Waals surface area contributed by atoms with Crippen molar-refractivity contribution in [1.29, 1.82) is 0 Å². The Morgan fingerprint density at radius 2 is 1.88 bits per heavy atom. The minimum Gasteiger partial charge on any atom is -0.497 e. The van der Waals surface area contributed by atoms with Crippen molar-refractivity contribution >= 4 is 23.2 Å². The first-order valence-corrected chi connectivity index (χ1v) is 8.36. The molecule has 0 atom stereocenters. The Balaban J connectivity index is 1.66. The molecule has 0 aliphatic carbocycles. The maximum absolute atomic E-state index is 12.0. The third kappa shape index (κ3) is 5.87. The van der Waals surface area contributed by atoms with Crippen LogP contribution in [0.2, 0.25) is 5.02 Å². The molecule has 0 spiro atoms. The molecule has 0 saturated heterocycles. The second-order valence-electron chi connectivity index (χ2n) is 5.61. The zero-order valence-electron chi connectivity index (χ0n) is 14.1. The predicted molar refractivity (Wildman–Crippen MR) is 99.0 cm³/mol. The standard InChI is InChI=1S/C19H23ClN2O2/c1-14-3-6-16(20)13-18(14)22-19(23)10-12-21-11-9-15-4-7-17(24-2)8-5-15/h3-8,13,21H,9-12H2,1-2H3,(H,22,23). The Kier molecular flexibility index (Phi) is 7.09. The summed E-state index contributed by atoms with van der Waals surface area (Å²) in [7, 11) is 1.66. The molecule has 0 bridgehead atoms. The topological polar surface area (TPSA) is 50.4 Å². The number of amides is 1. The van der Waals surface area contributed by atoms with Crippen molar-refractivity contribution < 1.29 is 9.53 Å². The highest BCUT2D eigenvalue weighted by atomic mass is 35.5. The number of ether oxygens (including phenoxy) is 1. The van der Waals surface area contributed by atoms with E-state index in [1.807, 2.05) is 31.2 Å². The number of carbonyl (C=O) groups is 1. The molecule has 128 valence electrons. The Hall–Kier alpha value is -2.04. The number of aryl methyl sites for hydroxylation is 1. The molecule has 0 aromatic heterocycles. The molecule has 2 rings (SSSR count). The summed E-state index contributed by atoms with van der Waals surface area (Å²) in [6.07, 6.45) is 1.34. The zero-order chi connectivity index (χ0) is 17.4. The minimum atomic E-state index is -0.0164. The zero-order valence-corrected chi connectivity index (χ0v) is 14.8. The molecular formula is C19H23ClN2O2. The van der Waals surface area contributed by atoms with Crippen LogP contribution in [0.3, 0.4) is 0 Å². The Morgan fingerprint density at radius 1 is 1.12 bits per heavy atom. The van der Waals surface area contributed by atoms with E-state index in [9.17, 15) is 4.79 Å². The highest BCUT2D eigenvalue weighted by Crippen LogP contribution is 2.20. The van der Waals surface area contributed by atoms with Crippen LogP contribution in [-0.4, -0.2) is 26.1 Å². The molecule has 2 aromatic carbocycles. The van der Waals surface area contributed by atoms with E-state index in [1.54, 1.807) is 13.2 Å². The van der Waals surface area contributed by atoms with Crippen molar-refractivity contribution in [2.75, 3.05) is 25.5 Å². The van der Waals surface area contributed by atoms with E-state index in [4.69, 9.17) is 16.3 Å². The van der Waals surface area contributed by atoms with E-state index >= 15 is 0 Å². The van der Waals surface area contributed by atoms with Gasteiger partial charge in [-0.1, -0.05) is 29.8 Å². The van der Waals surface area contributed by atoms with E-state index in [1.165, 1.54) is 5.56 Å². The lowest BCUT2D eigenvalue weighted by atomic mass is 10.1. The van der Waals surface area contributed by atoms with Crippen molar-refractivity contribution in [3.63, 3.8) is 0 Å². The van der Waals surface area contributed by atoms with Gasteiger partial charge in [0.25, 0.3) is 0 Å². The number of anilines is 1. The minimum absolute atomic E-state index is 0.0164. The molecule has 0 heterocycles. The highest BCUT2D eigenvalue weighted by Gasteiger charge is 2.05. The van der Waals surface area contributed by atoms with Gasteiger partial charge in [0.1, 0.15) is 5.75 Å². The van der Waals surface area contributed by atoms with Gasteiger partial charge in [-0.25, -0.2) is 0 Å². The monoisotopic (exact) mass is 346 g/mol. The van der Waals surface area contributed by atoms with Crippen molar-refractivity contribution in [3.8, 4) is 5.75 Å². The van der Waals surface area contributed by atoms with Crippen molar-refractivity contribution in [3.05, 3.63) is 58.6 Å². The van der Waals surface area contributed by atoms with Gasteiger partial charge < -0.3 is 15.4 Å². The molecule has 2 N–H and O–H groups in total. The SMILES string of the molecule is COc1ccc(CCNCCC(=O)Nc2cc(Cl)ccc2C)cc1. The number of carbonyl (C=O) groups excluding carboxylic acids is 1. The molecule has 4 nitrogen and oxygen atoms in total. The Morgan fingerprint density at radius 3 is 2.58 bits per heavy atom. The first kappa shape index (κ1) is 18.3. The van der Waals surface area contributed by atoms with E-state index in [-0.39, 0.29) is 5.91 Å². The molecular weight excluding hydrogens is 324 g/mol. The number of rotatable bonds is 8. The highest BCUT2D eigenvalue weighted by molar-refractivity contribution is 6.31. The van der Waals surface area contributed by atoms with Crippen molar-refractivity contribution in [1.82, 2.24) is 5.32 Å². The van der Waals surface area contributed by atoms with Gasteiger partial charge in [0.2, 0.25) is 5.91 Å². The van der Waals surface area contributed by atoms with Crippen LogP contribution in [0.15, 0.2) is 42.5 Å². The summed E-state index contributed by atoms with van der Waals surface area (Å²) in [5, 5.41) is 6.80. The number of methoxy groups -OCH3 is 1. The first-order chi connectivity index (χ1) is 11.6. The predicted octanol–water partition coefficient (Wildman–Crippen LogP) is 3.82. The summed E-state index contributed by atoms with van der Waals surface area (Å²) in [6, 6.07) is 13.5. The third-order valence-corrected chi connectivity index (χ3v) is 3.99. The van der Waals surface area contributed by atoms with Gasteiger partial charge in [-0.05, 0) is 55.3 Å². The molecule has 0 saturated carbocycles. The lowest BCUT2D eigenvalue weighted by Gasteiger charge is -2.09. The average Bonchev–Trinajstić information content (AvgIpc) is 2.58. The normalized spacial score (nSPS) is 10.5. The summed E-state index contributed by atoms with van der Waals surface area (Å²) < 4.78 is 5.13. The van der Waals surface area contributed by atoms with E-state index in [0.29, 0.717) is 18.0 Å². The van der Waals surface area contributed by atoms with Gasteiger partial charge in [0.15, 0.2) is 0 Å². The van der Waals surface area contributed by atoms with E-state index < -0.39 is 0 Å². The molecule has 24 heavy (non-hydrogen) atoms. The fourth-order valence-electron chi connectivity index (χ4n) is 2.29. The van der Waals surface area contributed by atoms with E-state index in [0.717, 1.165) is 30.0 Å². The third-order valence-electron chi connectivity index (χ3n) is 3.75. The lowest BCUT2D eigenvalue weighted by Crippen LogP contribution is -2.23. The van der Waals surface area contributed by atoms with Crippen LogP contribution in [0.25, 0.3) is 0 Å². The smallest absolute Gasteiger partial charge is 0.225 e. The maximum atomic E-state index is 12.0. The van der Waals surface area contributed by atoms with Gasteiger partial charge in [0.05, 0.1) is 7.11 Å². The van der Waals surface area contributed by atoms with Crippen LogP contribution < -0.4 is 15.4 Å². The number of nitrogens with one attached hydrogen (secondary N) is 2. The average molecular weight is 347 g/mol. The molecule has 0 aliphatic rings. The van der Waals surface area contributed by atoms with Gasteiger partial charge in [-0.2, -0.15) is 0 Å². The van der Waals surface area contributed by atoms with Gasteiger partial charge in [-0.3, -0.25) is 4.79 Å². The fraction of sp³-hybridized carbons (Fsp3) is 0.316. The van der Waals surface area contributed by atoms with Crippen LogP contribution >= 0.6 is 11.6 Å². The van der Waals surface area contributed by atoms with Gasteiger partial charge >= 0.3 is 0 Å². The lowest BCUT2D eigenvalue weighted by molar-refractivity contribution is -0.116. The number of halogens is 1. The Labute approximate surface area is 148 Å². The molecule has 0 aliphatic heterocycles. The van der Waals surface area contributed by atoms with Crippen LogP contribution in [0, 0.1) is 6.92 Å². The second-order valence-corrected chi connectivity index (χ2v) is 6.04. The molecule has 0 unspecified atom stereocenters. The number of benzene rings is 2. The first-order valence-electron chi connectivity index (χ1n) is 7.98. The number of hydrogen-bond donors (Lipinski definition) is 2. The molecule has 2 aromatic rings. The Bertz CT molecular complexity index is 672.